The first-order chi connectivity index (χ1) is 5.22. The van der Waals surface area contributed by atoms with Gasteiger partial charge in [-0.1, -0.05) is 13.8 Å². The molecular weight excluding hydrogens is 167 g/mol. The first kappa shape index (κ1) is 9.84. The second kappa shape index (κ2) is 2.37. The third-order valence-corrected chi connectivity index (χ3v) is 2.81. The van der Waals surface area contributed by atoms with Crippen LogP contribution in [-0.4, -0.2) is 12.7 Å². The lowest BCUT2D eigenvalue weighted by Crippen LogP contribution is -2.54. The van der Waals surface area contributed by atoms with Gasteiger partial charge < -0.3 is 5.73 Å². The Morgan fingerprint density at radius 2 is 1.67 bits per heavy atom. The summed E-state index contributed by atoms with van der Waals surface area (Å²) in [5.41, 5.74) is 3.59. The summed E-state index contributed by atoms with van der Waals surface area (Å²) in [6.07, 6.45) is -3.73. The van der Waals surface area contributed by atoms with Crippen molar-refractivity contribution in [3.05, 3.63) is 0 Å². The van der Waals surface area contributed by atoms with E-state index >= 15 is 0 Å². The van der Waals surface area contributed by atoms with Gasteiger partial charge in [0.15, 0.2) is 0 Å². The molecule has 0 radical (unpaired) electrons. The Balaban J connectivity index is 2.62. The van der Waals surface area contributed by atoms with Gasteiger partial charge in [0.2, 0.25) is 0 Å². The van der Waals surface area contributed by atoms with Gasteiger partial charge in [0.1, 0.15) is 0 Å². The fourth-order valence-corrected chi connectivity index (χ4v) is 2.18. The summed E-state index contributed by atoms with van der Waals surface area (Å²) >= 11 is 0. The van der Waals surface area contributed by atoms with Crippen molar-refractivity contribution in [2.75, 3.05) is 6.54 Å². The quantitative estimate of drug-likeness (QED) is 0.660. The standard InChI is InChI=1S/C8H14F3N/c1-6(5-12)3-7(2,4-6)8(9,10)11/h3-5,12H2,1-2H3. The minimum Gasteiger partial charge on any atom is -0.330 e. The van der Waals surface area contributed by atoms with Crippen LogP contribution in [0.2, 0.25) is 0 Å². The van der Waals surface area contributed by atoms with Gasteiger partial charge in [-0.25, -0.2) is 0 Å². The number of hydrogen-bond donors (Lipinski definition) is 1. The fourth-order valence-electron chi connectivity index (χ4n) is 2.18. The average Bonchev–Trinajstić information content (AvgIpc) is 1.82. The van der Waals surface area contributed by atoms with Gasteiger partial charge in [-0.2, -0.15) is 13.2 Å². The molecule has 1 rings (SSSR count). The molecule has 0 amide bonds. The molecule has 1 aliphatic rings. The second-order valence-electron chi connectivity index (χ2n) is 4.43. The molecule has 0 atom stereocenters. The van der Waals surface area contributed by atoms with Crippen molar-refractivity contribution >= 4 is 0 Å². The molecule has 1 saturated carbocycles. The molecule has 0 aromatic heterocycles. The molecule has 72 valence electrons. The zero-order valence-electron chi connectivity index (χ0n) is 7.33. The molecule has 0 saturated heterocycles. The van der Waals surface area contributed by atoms with Gasteiger partial charge >= 0.3 is 6.18 Å². The van der Waals surface area contributed by atoms with E-state index in [1.165, 1.54) is 6.92 Å². The van der Waals surface area contributed by atoms with Crippen LogP contribution in [-0.2, 0) is 0 Å². The number of nitrogens with two attached hydrogens (primary N) is 1. The molecule has 0 aliphatic heterocycles. The van der Waals surface area contributed by atoms with E-state index in [-0.39, 0.29) is 18.3 Å². The summed E-state index contributed by atoms with van der Waals surface area (Å²) in [5.74, 6) is 0. The Morgan fingerprint density at radius 3 is 1.92 bits per heavy atom. The highest BCUT2D eigenvalue weighted by atomic mass is 19.4. The monoisotopic (exact) mass is 181 g/mol. The zero-order chi connectivity index (χ0) is 9.62. The Hall–Kier alpha value is -0.250. The maximum absolute atomic E-state index is 12.3. The van der Waals surface area contributed by atoms with Crippen molar-refractivity contribution in [3.8, 4) is 0 Å². The highest BCUT2D eigenvalue weighted by Gasteiger charge is 2.62. The van der Waals surface area contributed by atoms with Crippen LogP contribution in [0, 0.1) is 10.8 Å². The van der Waals surface area contributed by atoms with Crippen LogP contribution in [0.15, 0.2) is 0 Å². The van der Waals surface area contributed by atoms with Crippen molar-refractivity contribution < 1.29 is 13.2 Å². The smallest absolute Gasteiger partial charge is 0.330 e. The number of hydrogen-bond acceptors (Lipinski definition) is 1. The Bertz CT molecular complexity index is 179. The van der Waals surface area contributed by atoms with E-state index in [0.29, 0.717) is 6.54 Å². The Labute approximate surface area is 70.1 Å². The van der Waals surface area contributed by atoms with Gasteiger partial charge in [0.05, 0.1) is 5.41 Å². The van der Waals surface area contributed by atoms with E-state index in [4.69, 9.17) is 5.73 Å². The van der Waals surface area contributed by atoms with Crippen molar-refractivity contribution in [1.82, 2.24) is 0 Å². The maximum Gasteiger partial charge on any atom is 0.394 e. The predicted molar refractivity (Wildman–Crippen MR) is 40.6 cm³/mol. The summed E-state index contributed by atoms with van der Waals surface area (Å²) in [6, 6.07) is 0. The Morgan fingerprint density at radius 1 is 1.25 bits per heavy atom. The summed E-state index contributed by atoms with van der Waals surface area (Å²) in [5, 5.41) is 0. The van der Waals surface area contributed by atoms with Crippen LogP contribution < -0.4 is 5.73 Å². The van der Waals surface area contributed by atoms with Gasteiger partial charge in [-0.3, -0.25) is 0 Å². The number of alkyl halides is 3. The number of rotatable bonds is 1. The molecule has 4 heteroatoms. The van der Waals surface area contributed by atoms with E-state index in [2.05, 4.69) is 0 Å². The second-order valence-corrected chi connectivity index (χ2v) is 4.43. The van der Waals surface area contributed by atoms with Crippen LogP contribution in [0.5, 0.6) is 0 Å². The number of halogens is 3. The summed E-state index contributed by atoms with van der Waals surface area (Å²) in [7, 11) is 0. The molecular formula is C8H14F3N. The van der Waals surface area contributed by atoms with Gasteiger partial charge in [-0.05, 0) is 24.8 Å². The average molecular weight is 181 g/mol. The first-order valence-corrected chi connectivity index (χ1v) is 3.99. The van der Waals surface area contributed by atoms with Crippen LogP contribution in [0.25, 0.3) is 0 Å². The van der Waals surface area contributed by atoms with E-state index in [9.17, 15) is 13.2 Å². The SMILES string of the molecule is CC1(CN)CC(C)(C(F)(F)F)C1. The van der Waals surface area contributed by atoms with Crippen molar-refractivity contribution in [2.24, 2.45) is 16.6 Å². The van der Waals surface area contributed by atoms with Gasteiger partial charge in [-0.15, -0.1) is 0 Å². The third-order valence-electron chi connectivity index (χ3n) is 2.81. The summed E-state index contributed by atoms with van der Waals surface area (Å²) in [6.45, 7) is 3.42. The van der Waals surface area contributed by atoms with Crippen molar-refractivity contribution in [2.45, 2.75) is 32.9 Å². The molecule has 2 N–H and O–H groups in total. The fraction of sp³-hybridized carbons (Fsp3) is 1.00. The highest BCUT2D eigenvalue weighted by Crippen LogP contribution is 2.60. The molecule has 0 heterocycles. The molecule has 12 heavy (non-hydrogen) atoms. The van der Waals surface area contributed by atoms with Crippen molar-refractivity contribution in [1.29, 1.82) is 0 Å². The molecule has 1 aliphatic carbocycles. The van der Waals surface area contributed by atoms with Crippen LogP contribution in [0.4, 0.5) is 13.2 Å². The molecule has 0 bridgehead atoms. The van der Waals surface area contributed by atoms with Crippen molar-refractivity contribution in [3.63, 3.8) is 0 Å². The molecule has 1 nitrogen and oxygen atoms in total. The van der Waals surface area contributed by atoms with Gasteiger partial charge in [0, 0.05) is 0 Å². The Kier molecular flexibility index (Phi) is 1.95. The van der Waals surface area contributed by atoms with Gasteiger partial charge in [0.25, 0.3) is 0 Å². The van der Waals surface area contributed by atoms with E-state index in [1.54, 1.807) is 6.92 Å². The van der Waals surface area contributed by atoms with Crippen LogP contribution in [0.3, 0.4) is 0 Å². The summed E-state index contributed by atoms with van der Waals surface area (Å²) in [4.78, 5) is 0. The minimum atomic E-state index is -4.07. The lowest BCUT2D eigenvalue weighted by molar-refractivity contribution is -0.270. The van der Waals surface area contributed by atoms with Crippen LogP contribution >= 0.6 is 0 Å². The normalized spacial score (nSPS) is 42.5. The molecule has 0 aromatic rings. The molecule has 1 fully saturated rings. The van der Waals surface area contributed by atoms with E-state index in [1.807, 2.05) is 0 Å². The first-order valence-electron chi connectivity index (χ1n) is 3.99. The van der Waals surface area contributed by atoms with Crippen LogP contribution in [0.1, 0.15) is 26.7 Å². The molecule has 0 unspecified atom stereocenters. The third kappa shape index (κ3) is 1.32. The minimum absolute atomic E-state index is 0.167. The molecule has 0 aromatic carbocycles. The zero-order valence-corrected chi connectivity index (χ0v) is 7.33. The largest absolute Gasteiger partial charge is 0.394 e. The lowest BCUT2D eigenvalue weighted by atomic mass is 9.54. The predicted octanol–water partition coefficient (Wildman–Crippen LogP) is 2.31. The lowest BCUT2D eigenvalue weighted by Gasteiger charge is -2.53. The highest BCUT2D eigenvalue weighted by molar-refractivity contribution is 5.02. The topological polar surface area (TPSA) is 26.0 Å². The van der Waals surface area contributed by atoms with E-state index < -0.39 is 11.6 Å². The van der Waals surface area contributed by atoms with E-state index in [0.717, 1.165) is 0 Å². The summed E-state index contributed by atoms with van der Waals surface area (Å²) < 4.78 is 37.0. The molecule has 0 spiro atoms. The maximum atomic E-state index is 12.3.